The van der Waals surface area contributed by atoms with Crippen molar-refractivity contribution in [3.63, 3.8) is 0 Å². The van der Waals surface area contributed by atoms with Gasteiger partial charge in [0.2, 0.25) is 0 Å². The summed E-state index contributed by atoms with van der Waals surface area (Å²) in [6.45, 7) is 3.57. The summed E-state index contributed by atoms with van der Waals surface area (Å²) < 4.78 is 27.5. The molecule has 0 saturated carbocycles. The number of ether oxygens (including phenoxy) is 5. The average Bonchev–Trinajstić information content (AvgIpc) is 3.79. The van der Waals surface area contributed by atoms with Crippen molar-refractivity contribution < 1.29 is 28.5 Å². The van der Waals surface area contributed by atoms with Crippen molar-refractivity contribution in [3.05, 3.63) is 64.2 Å². The fourth-order valence-electron chi connectivity index (χ4n) is 5.39. The zero-order chi connectivity index (χ0) is 31.1. The van der Waals surface area contributed by atoms with Gasteiger partial charge in [0.25, 0.3) is 0 Å². The van der Waals surface area contributed by atoms with Gasteiger partial charge in [0.15, 0.2) is 5.75 Å². The van der Waals surface area contributed by atoms with Crippen LogP contribution in [0.5, 0.6) is 5.75 Å². The quantitative estimate of drug-likeness (QED) is 0.237. The van der Waals surface area contributed by atoms with Crippen molar-refractivity contribution in [1.29, 1.82) is 0 Å². The SMILES string of the molecule is COCCC1=Cc2nc1ccc1[nH]c(cc1CCOC)c1nc(c(OC(C)=O)cc3[nH]c2cc3CCOC)C(CCOC)=C1. The summed E-state index contributed by atoms with van der Waals surface area (Å²) >= 11 is 0. The van der Waals surface area contributed by atoms with Crippen LogP contribution in [0.1, 0.15) is 53.7 Å². The number of hydrogen-bond acceptors (Lipinski definition) is 8. The molecule has 10 nitrogen and oxygen atoms in total. The molecular weight excluding hydrogens is 560 g/mol. The lowest BCUT2D eigenvalue weighted by Crippen LogP contribution is -2.04. The molecular formula is C34H40N4O6. The van der Waals surface area contributed by atoms with Gasteiger partial charge in [-0.2, -0.15) is 0 Å². The molecule has 5 rings (SSSR count). The third kappa shape index (κ3) is 7.16. The van der Waals surface area contributed by atoms with Crippen molar-refractivity contribution in [2.45, 2.75) is 32.6 Å². The Kier molecular flexibility index (Phi) is 10.4. The number of aromatic amines is 2. The largest absolute Gasteiger partial charge is 0.424 e. The van der Waals surface area contributed by atoms with Crippen molar-refractivity contribution in [3.8, 4) is 5.75 Å². The molecule has 232 valence electrons. The first kappa shape index (κ1) is 31.3. The maximum Gasteiger partial charge on any atom is 0.308 e. The Labute approximate surface area is 257 Å². The normalized spacial score (nSPS) is 12.8. The van der Waals surface area contributed by atoms with Gasteiger partial charge in [0.05, 0.1) is 54.5 Å². The summed E-state index contributed by atoms with van der Waals surface area (Å²) in [6.07, 6.45) is 6.83. The molecule has 44 heavy (non-hydrogen) atoms. The van der Waals surface area contributed by atoms with E-state index in [0.717, 1.165) is 74.3 Å². The molecule has 0 fully saturated rings. The van der Waals surface area contributed by atoms with Crippen LogP contribution in [0.25, 0.3) is 45.4 Å². The smallest absolute Gasteiger partial charge is 0.308 e. The third-order valence-electron chi connectivity index (χ3n) is 7.62. The molecule has 0 spiro atoms. The van der Waals surface area contributed by atoms with Gasteiger partial charge in [-0.3, -0.25) is 4.79 Å². The van der Waals surface area contributed by atoms with Gasteiger partial charge in [-0.1, -0.05) is 0 Å². The van der Waals surface area contributed by atoms with Crippen molar-refractivity contribution in [2.24, 2.45) is 0 Å². The molecule has 0 saturated heterocycles. The van der Waals surface area contributed by atoms with Crippen LogP contribution in [0.2, 0.25) is 0 Å². The van der Waals surface area contributed by atoms with Crippen LogP contribution in [0, 0.1) is 0 Å². The van der Waals surface area contributed by atoms with E-state index in [-0.39, 0.29) is 0 Å². The molecule has 0 unspecified atom stereocenters. The molecule has 5 heterocycles. The van der Waals surface area contributed by atoms with E-state index >= 15 is 0 Å². The lowest BCUT2D eigenvalue weighted by Gasteiger charge is -2.07. The van der Waals surface area contributed by atoms with E-state index in [0.29, 0.717) is 50.7 Å². The number of esters is 1. The van der Waals surface area contributed by atoms with E-state index in [1.807, 2.05) is 12.1 Å². The van der Waals surface area contributed by atoms with E-state index in [4.69, 9.17) is 33.7 Å². The zero-order valence-corrected chi connectivity index (χ0v) is 26.0. The van der Waals surface area contributed by atoms with Gasteiger partial charge in [-0.15, -0.1) is 0 Å². The number of carbonyl (C=O) groups excluding carboxylic acids is 1. The van der Waals surface area contributed by atoms with Crippen molar-refractivity contribution >= 4 is 51.3 Å². The average molecular weight is 601 g/mol. The number of H-pyrrole nitrogens is 2. The van der Waals surface area contributed by atoms with Crippen LogP contribution in [-0.2, 0) is 36.6 Å². The van der Waals surface area contributed by atoms with Crippen LogP contribution >= 0.6 is 0 Å². The molecule has 2 aliphatic heterocycles. The standard InChI is InChI=1S/C34H40N4O6/c1-21(39)44-33-20-28-24(10-14-42-4)18-30(37-28)29-16-22(8-12-40-2)26(35-29)6-7-27-23(9-13-41-3)17-31(36-27)32-19-25(11-15-43-5)34(33)38-32/h6-7,16-20,36-37H,8-15H2,1-5H3. The molecule has 8 bridgehead atoms. The Hall–Kier alpha value is -4.09. The molecule has 0 atom stereocenters. The molecule has 0 aromatic carbocycles. The van der Waals surface area contributed by atoms with Crippen LogP contribution in [0.4, 0.5) is 0 Å². The van der Waals surface area contributed by atoms with E-state index in [9.17, 15) is 4.79 Å². The predicted molar refractivity (Wildman–Crippen MR) is 172 cm³/mol. The summed E-state index contributed by atoms with van der Waals surface area (Å²) in [4.78, 5) is 29.5. The van der Waals surface area contributed by atoms with Crippen LogP contribution in [-0.4, -0.2) is 80.8 Å². The number of fused-ring (bicyclic) bond motifs is 10. The third-order valence-corrected chi connectivity index (χ3v) is 7.62. The lowest BCUT2D eigenvalue weighted by atomic mass is 10.1. The van der Waals surface area contributed by atoms with E-state index < -0.39 is 5.97 Å². The van der Waals surface area contributed by atoms with Crippen molar-refractivity contribution in [2.75, 3.05) is 54.9 Å². The fourth-order valence-corrected chi connectivity index (χ4v) is 5.39. The first-order valence-electron chi connectivity index (χ1n) is 14.8. The first-order valence-corrected chi connectivity index (χ1v) is 14.8. The van der Waals surface area contributed by atoms with Crippen LogP contribution in [0.3, 0.4) is 0 Å². The second kappa shape index (κ2) is 14.6. The number of rotatable bonds is 13. The number of carbonyl (C=O) groups is 1. The number of nitrogens with zero attached hydrogens (tertiary/aromatic N) is 2. The summed E-state index contributed by atoms with van der Waals surface area (Å²) in [5.74, 6) is -0.0744. The maximum absolute atomic E-state index is 12.4. The highest BCUT2D eigenvalue weighted by molar-refractivity contribution is 5.92. The number of nitrogens with one attached hydrogen (secondary N) is 2. The topological polar surface area (TPSA) is 121 Å². The zero-order valence-electron chi connectivity index (χ0n) is 26.0. The molecule has 0 radical (unpaired) electrons. The van der Waals surface area contributed by atoms with Crippen molar-refractivity contribution in [1.82, 2.24) is 19.9 Å². The van der Waals surface area contributed by atoms with Crippen LogP contribution in [0.15, 0.2) is 30.3 Å². The second-order valence-electron chi connectivity index (χ2n) is 10.7. The highest BCUT2D eigenvalue weighted by atomic mass is 16.5. The van der Waals surface area contributed by atoms with Crippen LogP contribution < -0.4 is 4.74 Å². The van der Waals surface area contributed by atoms with Gasteiger partial charge in [0, 0.05) is 52.5 Å². The molecule has 3 aromatic heterocycles. The highest BCUT2D eigenvalue weighted by Gasteiger charge is 2.20. The first-order chi connectivity index (χ1) is 21.4. The maximum atomic E-state index is 12.4. The van der Waals surface area contributed by atoms with Gasteiger partial charge in [-0.25, -0.2) is 9.97 Å². The molecule has 10 heteroatoms. The minimum absolute atomic E-state index is 0.359. The van der Waals surface area contributed by atoms with Gasteiger partial charge in [0.1, 0.15) is 5.69 Å². The lowest BCUT2D eigenvalue weighted by molar-refractivity contribution is -0.131. The molecule has 0 aliphatic carbocycles. The summed E-state index contributed by atoms with van der Waals surface area (Å²) in [5.41, 5.74) is 10.6. The second-order valence-corrected chi connectivity index (χ2v) is 10.7. The minimum atomic E-state index is -0.433. The van der Waals surface area contributed by atoms with E-state index in [1.165, 1.54) is 6.92 Å². The molecule has 0 amide bonds. The fraction of sp³-hybridized carbons (Fsp3) is 0.382. The molecule has 3 aromatic rings. The number of hydrogen-bond donors (Lipinski definition) is 2. The monoisotopic (exact) mass is 600 g/mol. The van der Waals surface area contributed by atoms with Gasteiger partial charge < -0.3 is 33.7 Å². The van der Waals surface area contributed by atoms with Gasteiger partial charge in [-0.05, 0) is 84.4 Å². The Morgan fingerprint density at radius 1 is 0.659 bits per heavy atom. The molecule has 2 aliphatic rings. The Morgan fingerprint density at radius 2 is 1.20 bits per heavy atom. The van der Waals surface area contributed by atoms with E-state index in [1.54, 1.807) is 28.4 Å². The van der Waals surface area contributed by atoms with E-state index in [2.05, 4.69) is 40.3 Å². The summed E-state index contributed by atoms with van der Waals surface area (Å²) in [7, 11) is 6.74. The summed E-state index contributed by atoms with van der Waals surface area (Å²) in [6, 6.07) is 10.2. The Balaban J connectivity index is 1.87. The Morgan fingerprint density at radius 3 is 1.84 bits per heavy atom. The predicted octanol–water partition coefficient (Wildman–Crippen LogP) is 5.77. The van der Waals surface area contributed by atoms with Gasteiger partial charge >= 0.3 is 5.97 Å². The summed E-state index contributed by atoms with van der Waals surface area (Å²) in [5, 5.41) is 0. The number of methoxy groups -OCH3 is 4. The number of aromatic nitrogens is 4. The Bertz CT molecular complexity index is 1730. The minimum Gasteiger partial charge on any atom is -0.424 e. The molecule has 2 N–H and O–H groups in total. The highest BCUT2D eigenvalue weighted by Crippen LogP contribution is 2.35.